The molecule has 168 valence electrons. The quantitative estimate of drug-likeness (QED) is 0.654. The first-order valence-electron chi connectivity index (χ1n) is 9.97. The summed E-state index contributed by atoms with van der Waals surface area (Å²) in [7, 11) is 4.57. The molecule has 4 rings (SSSR count). The Hall–Kier alpha value is -3.72. The molecule has 1 fully saturated rings. The van der Waals surface area contributed by atoms with Crippen molar-refractivity contribution >= 4 is 18.0 Å². The van der Waals surface area contributed by atoms with E-state index in [-0.39, 0.29) is 17.3 Å². The van der Waals surface area contributed by atoms with Crippen LogP contribution in [0, 0.1) is 0 Å². The Morgan fingerprint density at radius 3 is 2.34 bits per heavy atom. The van der Waals surface area contributed by atoms with Gasteiger partial charge in [0.25, 0.3) is 0 Å². The zero-order valence-electron chi connectivity index (χ0n) is 18.0. The molecule has 2 aromatic rings. The van der Waals surface area contributed by atoms with Gasteiger partial charge in [0.1, 0.15) is 17.2 Å². The van der Waals surface area contributed by atoms with Crippen molar-refractivity contribution in [3.8, 4) is 28.7 Å². The molecule has 2 aliphatic heterocycles. The fourth-order valence-electron chi connectivity index (χ4n) is 3.45. The topological polar surface area (TPSA) is 92.8 Å². The minimum absolute atomic E-state index is 0.113. The second kappa shape index (κ2) is 9.19. The molecule has 0 aliphatic carbocycles. The third-order valence-corrected chi connectivity index (χ3v) is 5.14. The van der Waals surface area contributed by atoms with Crippen molar-refractivity contribution in [2.24, 2.45) is 0 Å². The van der Waals surface area contributed by atoms with Crippen LogP contribution in [0.15, 0.2) is 36.1 Å². The van der Waals surface area contributed by atoms with Crippen molar-refractivity contribution in [1.29, 1.82) is 0 Å². The lowest BCUT2D eigenvalue weighted by molar-refractivity contribution is 0.0416. The zero-order valence-corrected chi connectivity index (χ0v) is 18.0. The highest BCUT2D eigenvalue weighted by Gasteiger charge is 2.29. The average molecular weight is 441 g/mol. The molecule has 0 unspecified atom stereocenters. The largest absolute Gasteiger partial charge is 0.496 e. The summed E-state index contributed by atoms with van der Waals surface area (Å²) < 4.78 is 32.5. The van der Waals surface area contributed by atoms with E-state index in [0.717, 1.165) is 0 Å². The molecule has 2 aromatic carbocycles. The predicted molar refractivity (Wildman–Crippen MR) is 114 cm³/mol. The molecule has 2 heterocycles. The Morgan fingerprint density at radius 2 is 1.66 bits per heavy atom. The summed E-state index contributed by atoms with van der Waals surface area (Å²) in [5.41, 5.74) is 0.960. The molecule has 9 nitrogen and oxygen atoms in total. The van der Waals surface area contributed by atoms with Crippen molar-refractivity contribution in [3.05, 3.63) is 47.2 Å². The van der Waals surface area contributed by atoms with Crippen LogP contribution < -0.4 is 23.7 Å². The molecule has 9 heteroatoms. The first-order chi connectivity index (χ1) is 15.5. The molecule has 32 heavy (non-hydrogen) atoms. The van der Waals surface area contributed by atoms with Crippen LogP contribution in [0.25, 0.3) is 6.08 Å². The van der Waals surface area contributed by atoms with E-state index < -0.39 is 6.09 Å². The fourth-order valence-corrected chi connectivity index (χ4v) is 3.45. The summed E-state index contributed by atoms with van der Waals surface area (Å²) in [6.07, 6.45) is 1.10. The molecule has 2 aliphatic rings. The van der Waals surface area contributed by atoms with Crippen LogP contribution in [0.1, 0.15) is 15.9 Å². The minimum Gasteiger partial charge on any atom is -0.496 e. The van der Waals surface area contributed by atoms with Gasteiger partial charge in [0, 0.05) is 30.8 Å². The average Bonchev–Trinajstić information content (AvgIpc) is 3.13. The van der Waals surface area contributed by atoms with Gasteiger partial charge in [0.05, 0.1) is 40.1 Å². The highest BCUT2D eigenvalue weighted by atomic mass is 16.6. The number of hydrogen-bond donors (Lipinski definition) is 0. The fraction of sp³-hybridized carbons (Fsp3) is 0.304. The van der Waals surface area contributed by atoms with Crippen molar-refractivity contribution in [3.63, 3.8) is 0 Å². The van der Waals surface area contributed by atoms with Gasteiger partial charge in [0.15, 0.2) is 17.3 Å². The predicted octanol–water partition coefficient (Wildman–Crippen LogP) is 3.16. The molecule has 1 saturated heterocycles. The number of fused-ring (bicyclic) bond motifs is 1. The Balaban J connectivity index is 1.57. The second-order valence-corrected chi connectivity index (χ2v) is 7.01. The summed E-state index contributed by atoms with van der Waals surface area (Å²) in [5.74, 6) is 1.90. The van der Waals surface area contributed by atoms with E-state index in [9.17, 15) is 9.59 Å². The first kappa shape index (κ1) is 21.5. The zero-order chi connectivity index (χ0) is 22.7. The number of carbonyl (C=O) groups is 2. The maximum Gasteiger partial charge on any atom is 0.415 e. The van der Waals surface area contributed by atoms with Crippen LogP contribution in [0.2, 0.25) is 0 Å². The number of ketones is 1. The van der Waals surface area contributed by atoms with Gasteiger partial charge in [-0.05, 0) is 24.3 Å². The van der Waals surface area contributed by atoms with E-state index in [1.807, 2.05) is 0 Å². The van der Waals surface area contributed by atoms with Crippen LogP contribution in [0.3, 0.4) is 0 Å². The van der Waals surface area contributed by atoms with E-state index in [4.69, 9.17) is 28.4 Å². The number of rotatable bonds is 5. The van der Waals surface area contributed by atoms with Crippen molar-refractivity contribution in [2.75, 3.05) is 47.6 Å². The van der Waals surface area contributed by atoms with E-state index in [0.29, 0.717) is 60.4 Å². The van der Waals surface area contributed by atoms with Gasteiger partial charge in [-0.1, -0.05) is 0 Å². The summed E-state index contributed by atoms with van der Waals surface area (Å²) in [6.45, 7) is 1.90. The van der Waals surface area contributed by atoms with Gasteiger partial charge in [-0.3, -0.25) is 4.79 Å². The Bertz CT molecular complexity index is 1070. The monoisotopic (exact) mass is 441 g/mol. The number of benzene rings is 2. The van der Waals surface area contributed by atoms with Crippen molar-refractivity contribution < 1.29 is 38.0 Å². The smallest absolute Gasteiger partial charge is 0.415 e. The minimum atomic E-state index is -0.469. The summed E-state index contributed by atoms with van der Waals surface area (Å²) in [6, 6.07) is 8.03. The van der Waals surface area contributed by atoms with E-state index >= 15 is 0 Å². The number of amides is 1. The summed E-state index contributed by atoms with van der Waals surface area (Å²) in [4.78, 5) is 26.7. The number of allylic oxidation sites excluding steroid dienone is 1. The lowest BCUT2D eigenvalue weighted by Gasteiger charge is -2.25. The third-order valence-electron chi connectivity index (χ3n) is 5.14. The maximum absolute atomic E-state index is 12.8. The van der Waals surface area contributed by atoms with Crippen LogP contribution in [0.4, 0.5) is 4.79 Å². The normalized spacial score (nSPS) is 16.4. The van der Waals surface area contributed by atoms with Gasteiger partial charge in [-0.2, -0.15) is 0 Å². The first-order valence-corrected chi connectivity index (χ1v) is 9.97. The molecular weight excluding hydrogens is 418 g/mol. The highest BCUT2D eigenvalue weighted by molar-refractivity contribution is 6.14. The van der Waals surface area contributed by atoms with Gasteiger partial charge in [-0.15, -0.1) is 0 Å². The van der Waals surface area contributed by atoms with Crippen LogP contribution in [0.5, 0.6) is 28.7 Å². The molecule has 1 amide bonds. The number of methoxy groups -OCH3 is 3. The molecule has 0 spiro atoms. The summed E-state index contributed by atoms with van der Waals surface area (Å²) >= 11 is 0. The van der Waals surface area contributed by atoms with E-state index in [2.05, 4.69) is 0 Å². The van der Waals surface area contributed by atoms with Crippen molar-refractivity contribution in [1.82, 2.24) is 4.90 Å². The molecule has 0 bridgehead atoms. The highest BCUT2D eigenvalue weighted by Crippen LogP contribution is 2.39. The number of hydrogen-bond acceptors (Lipinski definition) is 8. The van der Waals surface area contributed by atoms with E-state index in [1.165, 1.54) is 27.4 Å². The van der Waals surface area contributed by atoms with Gasteiger partial charge in [0.2, 0.25) is 5.78 Å². The molecule has 0 atom stereocenters. The third kappa shape index (κ3) is 4.19. The van der Waals surface area contributed by atoms with Crippen LogP contribution in [-0.4, -0.2) is 64.4 Å². The van der Waals surface area contributed by atoms with Gasteiger partial charge >= 0.3 is 6.09 Å². The molecule has 0 N–H and O–H groups in total. The molecule has 0 radical (unpaired) electrons. The van der Waals surface area contributed by atoms with Gasteiger partial charge in [-0.25, -0.2) is 4.79 Å². The number of morpholine rings is 1. The maximum atomic E-state index is 12.8. The van der Waals surface area contributed by atoms with E-state index in [1.54, 1.807) is 35.2 Å². The van der Waals surface area contributed by atoms with Crippen LogP contribution >= 0.6 is 0 Å². The number of carbonyl (C=O) groups excluding carboxylic acids is 2. The second-order valence-electron chi connectivity index (χ2n) is 7.01. The van der Waals surface area contributed by atoms with Gasteiger partial charge < -0.3 is 33.3 Å². The molecule has 0 aromatic heterocycles. The van der Waals surface area contributed by atoms with Crippen molar-refractivity contribution in [2.45, 2.75) is 0 Å². The lowest BCUT2D eigenvalue weighted by Crippen LogP contribution is -2.42. The molecular formula is C23H23NO8. The number of nitrogens with zero attached hydrogens (tertiary/aromatic N) is 1. The number of Topliss-reactive ketones (excluding diaryl/α,β-unsaturated/α-hetero) is 1. The molecule has 0 saturated carbocycles. The Labute approximate surface area is 185 Å². The Kier molecular flexibility index (Phi) is 6.18. The number of ether oxygens (including phenoxy) is 6. The SMILES string of the molecule is COc1cc(OC)c(OC)cc1/C=C1\Oc2cc(OC(=O)N3CCOCC3)ccc2C1=O. The summed E-state index contributed by atoms with van der Waals surface area (Å²) in [5, 5.41) is 0. The standard InChI is InChI=1S/C23H23NO8/c1-27-17-13-20(29-3)19(28-2)10-14(17)11-21-22(25)16-5-4-15(12-18(16)32-21)31-23(26)24-6-8-30-9-7-24/h4-5,10-13H,6-9H2,1-3H3/b21-11-. The Morgan fingerprint density at radius 1 is 0.969 bits per heavy atom. The lowest BCUT2D eigenvalue weighted by atomic mass is 10.1. The van der Waals surface area contributed by atoms with Crippen LogP contribution in [-0.2, 0) is 4.74 Å².